The van der Waals surface area contributed by atoms with E-state index in [0.29, 0.717) is 18.3 Å². The van der Waals surface area contributed by atoms with Crippen LogP contribution in [0.5, 0.6) is 0 Å². The second-order valence-electron chi connectivity index (χ2n) is 9.54. The zero-order chi connectivity index (χ0) is 22.9. The second-order valence-corrected chi connectivity index (χ2v) is 9.54. The van der Waals surface area contributed by atoms with Gasteiger partial charge in [0.1, 0.15) is 11.3 Å². The molecule has 0 aliphatic heterocycles. The molecule has 3 heterocycles. The Labute approximate surface area is 193 Å². The Balaban J connectivity index is 1.27. The molecular formula is C27H30N4O2. The van der Waals surface area contributed by atoms with E-state index in [2.05, 4.69) is 41.2 Å². The lowest BCUT2D eigenvalue weighted by molar-refractivity contribution is -0.138. The normalized spacial score (nSPS) is 21.0. The van der Waals surface area contributed by atoms with Gasteiger partial charge in [-0.1, -0.05) is 17.7 Å². The number of aromatic amines is 1. The van der Waals surface area contributed by atoms with Gasteiger partial charge >= 0.3 is 5.97 Å². The molecule has 0 bridgehead atoms. The molecule has 3 aromatic heterocycles. The van der Waals surface area contributed by atoms with Crippen molar-refractivity contribution in [3.8, 4) is 11.4 Å². The number of aliphatic carboxylic acids is 1. The minimum atomic E-state index is -0.663. The maximum Gasteiger partial charge on any atom is 0.303 e. The second kappa shape index (κ2) is 8.93. The molecule has 2 aliphatic rings. The molecule has 0 unspecified atom stereocenters. The first-order valence-electron chi connectivity index (χ1n) is 11.9. The summed E-state index contributed by atoms with van der Waals surface area (Å²) in [5.41, 5.74) is 8.58. The quantitative estimate of drug-likeness (QED) is 0.504. The molecule has 0 saturated heterocycles. The Morgan fingerprint density at radius 2 is 1.91 bits per heavy atom. The van der Waals surface area contributed by atoms with Gasteiger partial charge in [-0.05, 0) is 93.5 Å². The van der Waals surface area contributed by atoms with E-state index in [-0.39, 0.29) is 0 Å². The van der Waals surface area contributed by atoms with Crippen molar-refractivity contribution in [3.05, 3.63) is 59.1 Å². The van der Waals surface area contributed by atoms with Gasteiger partial charge in [0.15, 0.2) is 5.65 Å². The lowest BCUT2D eigenvalue weighted by Crippen LogP contribution is -2.19. The number of aromatic nitrogens is 4. The van der Waals surface area contributed by atoms with Gasteiger partial charge in [-0.2, -0.15) is 0 Å². The number of pyridine rings is 2. The SMILES string of the molecule is Cc1cc(C)c2nc(-c3ccc(C4=CC=C(C5CCC(CC(=O)O)CC5)CC4)nc3)[nH]c2n1. The zero-order valence-electron chi connectivity index (χ0n) is 19.3. The van der Waals surface area contributed by atoms with Crippen LogP contribution in [0.15, 0.2) is 42.1 Å². The number of carbonyl (C=O) groups is 1. The summed E-state index contributed by atoms with van der Waals surface area (Å²) in [6.45, 7) is 4.05. The van der Waals surface area contributed by atoms with Crippen LogP contribution >= 0.6 is 0 Å². The Hall–Kier alpha value is -3.28. The van der Waals surface area contributed by atoms with E-state index in [1.807, 2.05) is 19.2 Å². The van der Waals surface area contributed by atoms with Crippen molar-refractivity contribution in [2.24, 2.45) is 11.8 Å². The van der Waals surface area contributed by atoms with Crippen molar-refractivity contribution >= 4 is 22.7 Å². The number of carboxylic acids is 1. The van der Waals surface area contributed by atoms with Crippen molar-refractivity contribution in [2.45, 2.75) is 58.8 Å². The molecule has 2 N–H and O–H groups in total. The molecule has 5 rings (SSSR count). The van der Waals surface area contributed by atoms with E-state index >= 15 is 0 Å². The highest BCUT2D eigenvalue weighted by Gasteiger charge is 2.26. The number of carboxylic acid groups (broad SMARTS) is 1. The largest absolute Gasteiger partial charge is 0.481 e. The molecule has 6 heteroatoms. The summed E-state index contributed by atoms with van der Waals surface area (Å²) >= 11 is 0. The van der Waals surface area contributed by atoms with Gasteiger partial charge < -0.3 is 10.1 Å². The molecule has 1 saturated carbocycles. The standard InChI is InChI=1S/C27H30N4O2/c1-16-13-17(2)29-27-25(16)30-26(31-27)22-11-12-23(28-15-22)21-9-7-20(8-10-21)19-5-3-18(4-6-19)14-24(32)33/h7,9,11-13,15,18-19H,3-6,8,10,14H2,1-2H3,(H,32,33)(H,29,30,31). The fourth-order valence-electron chi connectivity index (χ4n) is 5.36. The molecule has 3 aromatic rings. The smallest absolute Gasteiger partial charge is 0.303 e. The van der Waals surface area contributed by atoms with E-state index in [0.717, 1.165) is 78.0 Å². The first kappa shape index (κ1) is 21.6. The van der Waals surface area contributed by atoms with E-state index < -0.39 is 5.97 Å². The third-order valence-electron chi connectivity index (χ3n) is 7.15. The van der Waals surface area contributed by atoms with Crippen LogP contribution in [0.1, 0.15) is 61.9 Å². The predicted octanol–water partition coefficient (Wildman–Crippen LogP) is 6.02. The van der Waals surface area contributed by atoms with Crippen LogP contribution in [0.3, 0.4) is 0 Å². The number of hydrogen-bond donors (Lipinski definition) is 2. The van der Waals surface area contributed by atoms with Crippen LogP contribution in [0.25, 0.3) is 28.1 Å². The molecule has 170 valence electrons. The average Bonchev–Trinajstić information content (AvgIpc) is 3.24. The maximum atomic E-state index is 11.0. The monoisotopic (exact) mass is 442 g/mol. The number of imidazole rings is 1. The van der Waals surface area contributed by atoms with Crippen molar-refractivity contribution < 1.29 is 9.90 Å². The van der Waals surface area contributed by atoms with Gasteiger partial charge in [0.05, 0.1) is 5.69 Å². The highest BCUT2D eigenvalue weighted by atomic mass is 16.4. The molecule has 0 spiro atoms. The molecule has 0 atom stereocenters. The summed E-state index contributed by atoms with van der Waals surface area (Å²) in [6.07, 6.45) is 13.1. The summed E-state index contributed by atoms with van der Waals surface area (Å²) in [6, 6.07) is 6.20. The van der Waals surface area contributed by atoms with Crippen LogP contribution in [0.4, 0.5) is 0 Å². The van der Waals surface area contributed by atoms with Crippen molar-refractivity contribution in [1.82, 2.24) is 19.9 Å². The molecular weight excluding hydrogens is 412 g/mol. The fraction of sp³-hybridized carbons (Fsp3) is 0.407. The summed E-state index contributed by atoms with van der Waals surface area (Å²) < 4.78 is 0. The third kappa shape index (κ3) is 4.61. The Morgan fingerprint density at radius 3 is 2.58 bits per heavy atom. The number of fused-ring (bicyclic) bond motifs is 1. The first-order chi connectivity index (χ1) is 16.0. The summed E-state index contributed by atoms with van der Waals surface area (Å²) in [4.78, 5) is 28.3. The molecule has 2 aliphatic carbocycles. The van der Waals surface area contributed by atoms with E-state index in [4.69, 9.17) is 15.1 Å². The number of aryl methyl sites for hydroxylation is 2. The number of H-pyrrole nitrogens is 1. The van der Waals surface area contributed by atoms with Gasteiger partial charge in [0.2, 0.25) is 0 Å². The van der Waals surface area contributed by atoms with Gasteiger partial charge in [-0.3, -0.25) is 9.78 Å². The molecule has 6 nitrogen and oxygen atoms in total. The Kier molecular flexibility index (Phi) is 5.83. The number of allylic oxidation sites excluding steroid dienone is 4. The molecule has 33 heavy (non-hydrogen) atoms. The molecule has 0 radical (unpaired) electrons. The summed E-state index contributed by atoms with van der Waals surface area (Å²) in [5.74, 6) is 1.09. The highest BCUT2D eigenvalue weighted by Crippen LogP contribution is 2.39. The van der Waals surface area contributed by atoms with E-state index in [9.17, 15) is 4.79 Å². The van der Waals surface area contributed by atoms with Crippen molar-refractivity contribution in [1.29, 1.82) is 0 Å². The number of nitrogens with zero attached hydrogens (tertiary/aromatic N) is 3. The van der Waals surface area contributed by atoms with E-state index in [1.54, 1.807) is 0 Å². The Bertz CT molecular complexity index is 1250. The first-order valence-corrected chi connectivity index (χ1v) is 11.9. The number of nitrogens with one attached hydrogen (secondary N) is 1. The molecule has 0 aromatic carbocycles. The average molecular weight is 443 g/mol. The van der Waals surface area contributed by atoms with Gasteiger partial charge in [0.25, 0.3) is 0 Å². The van der Waals surface area contributed by atoms with Crippen molar-refractivity contribution in [2.75, 3.05) is 0 Å². The maximum absolute atomic E-state index is 11.0. The number of hydrogen-bond acceptors (Lipinski definition) is 4. The van der Waals surface area contributed by atoms with E-state index in [1.165, 1.54) is 11.1 Å². The minimum Gasteiger partial charge on any atom is -0.481 e. The molecule has 1 fully saturated rings. The number of rotatable bonds is 5. The Morgan fingerprint density at radius 1 is 1.09 bits per heavy atom. The molecule has 0 amide bonds. The van der Waals surface area contributed by atoms with Crippen LogP contribution in [-0.2, 0) is 4.79 Å². The summed E-state index contributed by atoms with van der Waals surface area (Å²) in [7, 11) is 0. The lowest BCUT2D eigenvalue weighted by Gasteiger charge is -2.30. The predicted molar refractivity (Wildman–Crippen MR) is 130 cm³/mol. The third-order valence-corrected chi connectivity index (χ3v) is 7.15. The zero-order valence-corrected chi connectivity index (χ0v) is 19.3. The van der Waals surface area contributed by atoms with Crippen molar-refractivity contribution in [3.63, 3.8) is 0 Å². The van der Waals surface area contributed by atoms with Crippen LogP contribution < -0.4 is 0 Å². The summed E-state index contributed by atoms with van der Waals surface area (Å²) in [5, 5.41) is 9.02. The van der Waals surface area contributed by atoms with Gasteiger partial charge in [-0.25, -0.2) is 9.97 Å². The highest BCUT2D eigenvalue weighted by molar-refractivity contribution is 5.79. The van der Waals surface area contributed by atoms with Crippen LogP contribution in [0, 0.1) is 25.7 Å². The fourth-order valence-corrected chi connectivity index (χ4v) is 5.36. The lowest BCUT2D eigenvalue weighted by atomic mass is 9.75. The minimum absolute atomic E-state index is 0.321. The van der Waals surface area contributed by atoms with Crippen LogP contribution in [-0.4, -0.2) is 31.0 Å². The topological polar surface area (TPSA) is 91.8 Å². The van der Waals surface area contributed by atoms with Gasteiger partial charge in [0, 0.05) is 23.9 Å². The van der Waals surface area contributed by atoms with Crippen LogP contribution in [0.2, 0.25) is 0 Å². The van der Waals surface area contributed by atoms with Gasteiger partial charge in [-0.15, -0.1) is 0 Å².